The Balaban J connectivity index is 1.66. The van der Waals surface area contributed by atoms with Crippen LogP contribution in [0.4, 0.5) is 0 Å². The number of ether oxygens (including phenoxy) is 3. The molecule has 40 heavy (non-hydrogen) atoms. The number of aromatic nitrogens is 1. The van der Waals surface area contributed by atoms with Gasteiger partial charge in [0.05, 0.1) is 42.2 Å². The first-order valence-corrected chi connectivity index (χ1v) is 14.3. The van der Waals surface area contributed by atoms with E-state index in [-0.39, 0.29) is 12.2 Å². The lowest BCUT2D eigenvalue weighted by Gasteiger charge is -2.25. The maximum Gasteiger partial charge on any atom is 0.338 e. The van der Waals surface area contributed by atoms with E-state index in [0.717, 1.165) is 10.0 Å². The molecule has 3 heterocycles. The summed E-state index contributed by atoms with van der Waals surface area (Å²) in [5, 5.41) is 0. The molecule has 1 atom stereocenters. The second-order valence-electron chi connectivity index (χ2n) is 8.86. The highest BCUT2D eigenvalue weighted by atomic mass is 79.9. The molecule has 2 aromatic carbocycles. The summed E-state index contributed by atoms with van der Waals surface area (Å²) in [6.07, 6.45) is 1.70. The van der Waals surface area contributed by atoms with Crippen molar-refractivity contribution < 1.29 is 23.4 Å². The number of fused-ring (bicyclic) bond motifs is 1. The molecule has 0 saturated carbocycles. The summed E-state index contributed by atoms with van der Waals surface area (Å²) in [4.78, 5) is 32.2. The molecule has 206 valence electrons. The third-order valence-corrected chi connectivity index (χ3v) is 7.81. The predicted octanol–water partition coefficient (Wildman–Crippen LogP) is 5.23. The molecule has 4 aromatic rings. The van der Waals surface area contributed by atoms with Crippen molar-refractivity contribution in [1.82, 2.24) is 4.57 Å². The number of rotatable bonds is 8. The van der Waals surface area contributed by atoms with Gasteiger partial charge in [-0.15, -0.1) is 0 Å². The molecule has 1 aliphatic rings. The number of hydrogen-bond acceptors (Lipinski definition) is 8. The zero-order valence-corrected chi connectivity index (χ0v) is 24.8. The standard InChI is InChI=1S/C30H27BrN2O6S/c1-5-37-24-15-19(10-12-23(24)36-4)27-26(29(35)38-6-2)17(3)32-30-33(27)28(34)25(40-30)16-21-11-13-22(39-21)18-8-7-9-20(31)14-18/h7-16,27H,5-6H2,1-4H3/b25-16-. The Morgan fingerprint density at radius 1 is 1.12 bits per heavy atom. The molecule has 0 radical (unpaired) electrons. The number of furan rings is 1. The van der Waals surface area contributed by atoms with Gasteiger partial charge in [-0.05, 0) is 62.7 Å². The zero-order valence-electron chi connectivity index (χ0n) is 22.4. The number of benzene rings is 2. The number of allylic oxidation sites excluding steroid dienone is 1. The van der Waals surface area contributed by atoms with Gasteiger partial charge in [0, 0.05) is 16.1 Å². The normalized spacial score (nSPS) is 15.0. The Morgan fingerprint density at radius 2 is 1.95 bits per heavy atom. The number of halogens is 1. The number of hydrogen-bond donors (Lipinski definition) is 0. The predicted molar refractivity (Wildman–Crippen MR) is 156 cm³/mol. The van der Waals surface area contributed by atoms with Crippen LogP contribution in [0.5, 0.6) is 11.5 Å². The van der Waals surface area contributed by atoms with Crippen molar-refractivity contribution in [2.75, 3.05) is 20.3 Å². The van der Waals surface area contributed by atoms with Gasteiger partial charge in [0.2, 0.25) is 0 Å². The molecular weight excluding hydrogens is 596 g/mol. The summed E-state index contributed by atoms with van der Waals surface area (Å²) in [7, 11) is 1.56. The fourth-order valence-electron chi connectivity index (χ4n) is 4.60. The molecule has 0 fully saturated rings. The van der Waals surface area contributed by atoms with Crippen molar-refractivity contribution in [3.8, 4) is 22.8 Å². The van der Waals surface area contributed by atoms with E-state index in [0.29, 0.717) is 55.8 Å². The molecule has 0 N–H and O–H groups in total. The smallest absolute Gasteiger partial charge is 0.338 e. The molecule has 0 amide bonds. The quantitative estimate of drug-likeness (QED) is 0.250. The minimum absolute atomic E-state index is 0.193. The van der Waals surface area contributed by atoms with Crippen LogP contribution in [0.2, 0.25) is 0 Å². The first-order chi connectivity index (χ1) is 19.3. The highest BCUT2D eigenvalue weighted by molar-refractivity contribution is 9.10. The highest BCUT2D eigenvalue weighted by Gasteiger charge is 2.34. The molecule has 0 aliphatic carbocycles. The van der Waals surface area contributed by atoms with Gasteiger partial charge in [0.25, 0.3) is 5.56 Å². The molecule has 1 unspecified atom stereocenters. The van der Waals surface area contributed by atoms with Crippen LogP contribution in [0.25, 0.3) is 17.4 Å². The molecule has 8 nitrogen and oxygen atoms in total. The lowest BCUT2D eigenvalue weighted by atomic mass is 9.95. The van der Waals surface area contributed by atoms with E-state index in [1.165, 1.54) is 15.9 Å². The molecule has 0 spiro atoms. The van der Waals surface area contributed by atoms with Gasteiger partial charge in [-0.3, -0.25) is 9.36 Å². The van der Waals surface area contributed by atoms with Gasteiger partial charge >= 0.3 is 5.97 Å². The number of carbonyl (C=O) groups excluding carboxylic acids is 1. The summed E-state index contributed by atoms with van der Waals surface area (Å²) < 4.78 is 25.6. The van der Waals surface area contributed by atoms with E-state index < -0.39 is 12.0 Å². The zero-order chi connectivity index (χ0) is 28.4. The van der Waals surface area contributed by atoms with E-state index in [4.69, 9.17) is 18.6 Å². The number of esters is 1. The summed E-state index contributed by atoms with van der Waals surface area (Å²) in [5.74, 6) is 1.75. The van der Waals surface area contributed by atoms with Crippen LogP contribution in [-0.4, -0.2) is 30.9 Å². The lowest BCUT2D eigenvalue weighted by molar-refractivity contribution is -0.139. The maximum absolute atomic E-state index is 13.9. The third kappa shape index (κ3) is 5.29. The van der Waals surface area contributed by atoms with Crippen LogP contribution < -0.4 is 24.4 Å². The number of thiazole rings is 1. The summed E-state index contributed by atoms with van der Waals surface area (Å²) in [6.45, 7) is 5.98. The van der Waals surface area contributed by atoms with Crippen LogP contribution >= 0.6 is 27.3 Å². The van der Waals surface area contributed by atoms with E-state index in [1.54, 1.807) is 39.2 Å². The van der Waals surface area contributed by atoms with E-state index in [1.807, 2.05) is 49.4 Å². The average molecular weight is 624 g/mol. The van der Waals surface area contributed by atoms with Crippen molar-refractivity contribution in [2.24, 2.45) is 4.99 Å². The second-order valence-corrected chi connectivity index (χ2v) is 10.8. The molecule has 0 saturated heterocycles. The Labute approximate surface area is 243 Å². The monoisotopic (exact) mass is 622 g/mol. The van der Waals surface area contributed by atoms with Gasteiger partial charge in [-0.25, -0.2) is 9.79 Å². The molecule has 2 aromatic heterocycles. The molecule has 1 aliphatic heterocycles. The molecule has 0 bridgehead atoms. The Kier molecular flexibility index (Phi) is 8.09. The minimum Gasteiger partial charge on any atom is -0.493 e. The number of nitrogens with zero attached hydrogens (tertiary/aromatic N) is 2. The van der Waals surface area contributed by atoms with Crippen LogP contribution in [-0.2, 0) is 9.53 Å². The maximum atomic E-state index is 13.9. The molecule has 10 heteroatoms. The summed E-state index contributed by atoms with van der Waals surface area (Å²) in [6, 6.07) is 16.1. The average Bonchev–Trinajstić information content (AvgIpc) is 3.52. The Bertz CT molecular complexity index is 1800. The third-order valence-electron chi connectivity index (χ3n) is 6.33. The van der Waals surface area contributed by atoms with E-state index >= 15 is 0 Å². The van der Waals surface area contributed by atoms with Crippen molar-refractivity contribution in [2.45, 2.75) is 26.8 Å². The molecular formula is C30H27BrN2O6S. The van der Waals surface area contributed by atoms with Crippen molar-refractivity contribution in [1.29, 1.82) is 0 Å². The van der Waals surface area contributed by atoms with Crippen molar-refractivity contribution in [3.05, 3.63) is 101 Å². The Morgan fingerprint density at radius 3 is 2.67 bits per heavy atom. The van der Waals surface area contributed by atoms with Crippen LogP contribution in [0.3, 0.4) is 0 Å². The van der Waals surface area contributed by atoms with Crippen LogP contribution in [0, 0.1) is 0 Å². The van der Waals surface area contributed by atoms with E-state index in [9.17, 15) is 9.59 Å². The first-order valence-electron chi connectivity index (χ1n) is 12.7. The van der Waals surface area contributed by atoms with Crippen molar-refractivity contribution in [3.63, 3.8) is 0 Å². The van der Waals surface area contributed by atoms with Gasteiger partial charge in [-0.2, -0.15) is 0 Å². The lowest BCUT2D eigenvalue weighted by Crippen LogP contribution is -2.39. The van der Waals surface area contributed by atoms with Crippen LogP contribution in [0.15, 0.2) is 84.5 Å². The fraction of sp³-hybridized carbons (Fsp3) is 0.233. The minimum atomic E-state index is -0.767. The largest absolute Gasteiger partial charge is 0.493 e. The van der Waals surface area contributed by atoms with Gasteiger partial charge in [0.1, 0.15) is 11.5 Å². The van der Waals surface area contributed by atoms with Gasteiger partial charge < -0.3 is 18.6 Å². The van der Waals surface area contributed by atoms with Gasteiger partial charge in [-0.1, -0.05) is 45.5 Å². The second kappa shape index (κ2) is 11.7. The first kappa shape index (κ1) is 27.7. The topological polar surface area (TPSA) is 92.3 Å². The van der Waals surface area contributed by atoms with Crippen LogP contribution in [0.1, 0.15) is 38.1 Å². The highest BCUT2D eigenvalue weighted by Crippen LogP contribution is 2.36. The number of methoxy groups -OCH3 is 1. The van der Waals surface area contributed by atoms with Crippen molar-refractivity contribution >= 4 is 39.3 Å². The number of carbonyl (C=O) groups is 1. The fourth-order valence-corrected chi connectivity index (χ4v) is 6.02. The van der Waals surface area contributed by atoms with Gasteiger partial charge in [0.15, 0.2) is 16.3 Å². The van der Waals surface area contributed by atoms with E-state index in [2.05, 4.69) is 20.9 Å². The summed E-state index contributed by atoms with van der Waals surface area (Å²) >= 11 is 4.72. The SMILES string of the molecule is CCOC(=O)C1=C(C)N=c2s/c(=C\c3ccc(-c4cccc(Br)c4)o3)c(=O)n2C1c1ccc(OC)c(OCC)c1. The molecule has 5 rings (SSSR count). The summed E-state index contributed by atoms with van der Waals surface area (Å²) in [5.41, 5.74) is 2.07. The Hall–Kier alpha value is -3.89.